The van der Waals surface area contributed by atoms with Gasteiger partial charge >= 0.3 is 5.97 Å². The number of hydrogen-bond donors (Lipinski definition) is 2. The normalized spacial score (nSPS) is 11.1. The van der Waals surface area contributed by atoms with Crippen LogP contribution in [0.3, 0.4) is 0 Å². The molecular formula is C18H15N3O5S. The van der Waals surface area contributed by atoms with E-state index >= 15 is 0 Å². The molecular weight excluding hydrogens is 370 g/mol. The van der Waals surface area contributed by atoms with Gasteiger partial charge in [-0.1, -0.05) is 18.2 Å². The molecule has 0 aliphatic heterocycles. The van der Waals surface area contributed by atoms with Crippen LogP contribution < -0.4 is 4.31 Å². The van der Waals surface area contributed by atoms with E-state index in [9.17, 15) is 18.3 Å². The molecule has 3 aromatic rings. The third-order valence-electron chi connectivity index (χ3n) is 3.68. The summed E-state index contributed by atoms with van der Waals surface area (Å²) in [7, 11) is -3.75. The van der Waals surface area contributed by atoms with E-state index in [1.165, 1.54) is 48.8 Å². The van der Waals surface area contributed by atoms with Gasteiger partial charge < -0.3 is 10.2 Å². The van der Waals surface area contributed by atoms with E-state index < -0.39 is 16.0 Å². The second kappa shape index (κ2) is 7.04. The van der Waals surface area contributed by atoms with E-state index in [0.29, 0.717) is 11.1 Å². The highest BCUT2D eigenvalue weighted by Crippen LogP contribution is 2.29. The van der Waals surface area contributed by atoms with Crippen LogP contribution >= 0.6 is 0 Å². The summed E-state index contributed by atoms with van der Waals surface area (Å²) in [5.74, 6) is -1.19. The number of phenols is 1. The monoisotopic (exact) mass is 385 g/mol. The maximum atomic E-state index is 12.2. The van der Waals surface area contributed by atoms with Crippen LogP contribution in [0.25, 0.3) is 11.1 Å². The van der Waals surface area contributed by atoms with Gasteiger partial charge in [-0.15, -0.1) is 0 Å². The predicted molar refractivity (Wildman–Crippen MR) is 99.5 cm³/mol. The lowest BCUT2D eigenvalue weighted by atomic mass is 10.1. The molecule has 138 valence electrons. The van der Waals surface area contributed by atoms with E-state index in [1.54, 1.807) is 12.1 Å². The Labute approximate surface area is 155 Å². The summed E-state index contributed by atoms with van der Waals surface area (Å²) in [6.45, 7) is 0. The lowest BCUT2D eigenvalue weighted by Crippen LogP contribution is -2.26. The molecule has 0 bridgehead atoms. The third-order valence-corrected chi connectivity index (χ3v) is 4.72. The Hall–Kier alpha value is -3.46. The average molecular weight is 385 g/mol. The molecule has 0 aliphatic rings. The number of aromatic carboxylic acids is 1. The predicted octanol–water partition coefficient (Wildman–Crippen LogP) is 2.65. The fourth-order valence-electron chi connectivity index (χ4n) is 2.46. The second-order valence-corrected chi connectivity index (χ2v) is 7.53. The molecule has 0 fully saturated rings. The number of rotatable bonds is 5. The van der Waals surface area contributed by atoms with Gasteiger partial charge in [-0.3, -0.25) is 0 Å². The molecule has 0 amide bonds. The van der Waals surface area contributed by atoms with Crippen molar-refractivity contribution >= 4 is 27.6 Å². The van der Waals surface area contributed by atoms with Gasteiger partial charge in [-0.05, 0) is 29.8 Å². The van der Waals surface area contributed by atoms with Crippen molar-refractivity contribution in [2.24, 2.45) is 0 Å². The average Bonchev–Trinajstić information content (AvgIpc) is 2.61. The molecule has 1 aromatic heterocycles. The van der Waals surface area contributed by atoms with Crippen molar-refractivity contribution in [2.45, 2.75) is 0 Å². The van der Waals surface area contributed by atoms with Crippen molar-refractivity contribution < 1.29 is 23.4 Å². The zero-order valence-corrected chi connectivity index (χ0v) is 15.0. The van der Waals surface area contributed by atoms with Gasteiger partial charge in [0.15, 0.2) is 0 Å². The molecule has 0 radical (unpaired) electrons. The molecule has 0 unspecified atom stereocenters. The number of carbonyl (C=O) groups is 1. The number of hydrogen-bond acceptors (Lipinski definition) is 6. The zero-order chi connectivity index (χ0) is 19.6. The van der Waals surface area contributed by atoms with E-state index in [-0.39, 0.29) is 22.9 Å². The quantitative estimate of drug-likeness (QED) is 0.692. The lowest BCUT2D eigenvalue weighted by Gasteiger charge is -2.20. The Kier molecular flexibility index (Phi) is 4.78. The number of aromatic nitrogens is 2. The third kappa shape index (κ3) is 4.04. The lowest BCUT2D eigenvalue weighted by molar-refractivity contribution is 0.0697. The Morgan fingerprint density at radius 2 is 1.63 bits per heavy atom. The molecule has 1 heterocycles. The molecule has 8 nitrogen and oxygen atoms in total. The Bertz CT molecular complexity index is 1080. The molecule has 27 heavy (non-hydrogen) atoms. The van der Waals surface area contributed by atoms with Crippen LogP contribution in [0.15, 0.2) is 60.9 Å². The topological polar surface area (TPSA) is 121 Å². The van der Waals surface area contributed by atoms with Crippen LogP contribution in [0, 0.1) is 0 Å². The molecule has 2 N–H and O–H groups in total. The number of carboxylic acid groups (broad SMARTS) is 1. The van der Waals surface area contributed by atoms with Crippen molar-refractivity contribution in [3.63, 3.8) is 0 Å². The van der Waals surface area contributed by atoms with Gasteiger partial charge in [0.1, 0.15) is 5.75 Å². The summed E-state index contributed by atoms with van der Waals surface area (Å²) >= 11 is 0. The van der Waals surface area contributed by atoms with Crippen molar-refractivity contribution in [1.82, 2.24) is 9.97 Å². The summed E-state index contributed by atoms with van der Waals surface area (Å²) in [5.41, 5.74) is 1.65. The molecule has 0 aliphatic carbocycles. The minimum absolute atomic E-state index is 0.0750. The van der Waals surface area contributed by atoms with E-state index in [1.807, 2.05) is 0 Å². The Balaban J connectivity index is 1.98. The highest BCUT2D eigenvalue weighted by molar-refractivity contribution is 7.92. The summed E-state index contributed by atoms with van der Waals surface area (Å²) < 4.78 is 25.3. The standard InChI is InChI=1S/C18H15N3O5S/c1-27(25,26)21(15-3-2-4-16(22)9-15)18-19-10-14(11-20-18)12-5-7-13(8-6-12)17(23)24/h2-11,22H,1H3,(H,23,24). The first-order valence-corrected chi connectivity index (χ1v) is 9.55. The second-order valence-electron chi connectivity index (χ2n) is 5.70. The summed E-state index contributed by atoms with van der Waals surface area (Å²) in [6.07, 6.45) is 3.90. The number of aromatic hydroxyl groups is 1. The van der Waals surface area contributed by atoms with Crippen LogP contribution in [0.5, 0.6) is 5.75 Å². The number of benzene rings is 2. The van der Waals surface area contributed by atoms with Gasteiger partial charge in [0, 0.05) is 24.0 Å². The van der Waals surface area contributed by atoms with Crippen molar-refractivity contribution in [1.29, 1.82) is 0 Å². The molecule has 2 aromatic carbocycles. The molecule has 0 spiro atoms. The Morgan fingerprint density at radius 1 is 1.00 bits per heavy atom. The highest BCUT2D eigenvalue weighted by atomic mass is 32.2. The van der Waals surface area contributed by atoms with Crippen molar-refractivity contribution in [3.05, 3.63) is 66.5 Å². The molecule has 0 saturated carbocycles. The van der Waals surface area contributed by atoms with Crippen LogP contribution in [0.4, 0.5) is 11.6 Å². The van der Waals surface area contributed by atoms with Gasteiger partial charge in [0.25, 0.3) is 0 Å². The zero-order valence-electron chi connectivity index (χ0n) is 14.1. The first-order chi connectivity index (χ1) is 12.8. The fraction of sp³-hybridized carbons (Fsp3) is 0.0556. The minimum Gasteiger partial charge on any atom is -0.508 e. The summed E-state index contributed by atoms with van der Waals surface area (Å²) in [5, 5.41) is 18.6. The number of phenolic OH excluding ortho intramolecular Hbond substituents is 1. The smallest absolute Gasteiger partial charge is 0.335 e. The number of sulfonamides is 1. The number of carboxylic acids is 1. The van der Waals surface area contributed by atoms with Crippen molar-refractivity contribution in [2.75, 3.05) is 10.6 Å². The highest BCUT2D eigenvalue weighted by Gasteiger charge is 2.22. The van der Waals surface area contributed by atoms with Crippen LogP contribution in [-0.4, -0.2) is 40.8 Å². The van der Waals surface area contributed by atoms with Gasteiger partial charge in [-0.2, -0.15) is 0 Å². The molecule has 3 rings (SSSR count). The summed E-state index contributed by atoms with van der Waals surface area (Å²) in [4.78, 5) is 19.2. The van der Waals surface area contributed by atoms with Crippen LogP contribution in [0.1, 0.15) is 10.4 Å². The molecule has 0 atom stereocenters. The molecule has 9 heteroatoms. The Morgan fingerprint density at radius 3 is 2.15 bits per heavy atom. The molecule has 0 saturated heterocycles. The van der Waals surface area contributed by atoms with Crippen LogP contribution in [0.2, 0.25) is 0 Å². The van der Waals surface area contributed by atoms with Gasteiger partial charge in [-0.25, -0.2) is 27.5 Å². The SMILES string of the molecule is CS(=O)(=O)N(c1cccc(O)c1)c1ncc(-c2ccc(C(=O)O)cc2)cn1. The summed E-state index contributed by atoms with van der Waals surface area (Å²) in [6, 6.07) is 11.9. The van der Waals surface area contributed by atoms with E-state index in [0.717, 1.165) is 10.6 Å². The van der Waals surface area contributed by atoms with Crippen LogP contribution in [-0.2, 0) is 10.0 Å². The maximum absolute atomic E-state index is 12.2. The van der Waals surface area contributed by atoms with E-state index in [2.05, 4.69) is 9.97 Å². The fourth-order valence-corrected chi connectivity index (χ4v) is 3.34. The van der Waals surface area contributed by atoms with Gasteiger partial charge in [0.2, 0.25) is 16.0 Å². The largest absolute Gasteiger partial charge is 0.508 e. The minimum atomic E-state index is -3.75. The first kappa shape index (κ1) is 18.3. The van der Waals surface area contributed by atoms with E-state index in [4.69, 9.17) is 5.11 Å². The van der Waals surface area contributed by atoms with Gasteiger partial charge in [0.05, 0.1) is 17.5 Å². The van der Waals surface area contributed by atoms with Crippen molar-refractivity contribution in [3.8, 4) is 16.9 Å². The first-order valence-electron chi connectivity index (χ1n) is 7.71. The number of nitrogens with zero attached hydrogens (tertiary/aromatic N) is 3. The number of anilines is 2. The maximum Gasteiger partial charge on any atom is 0.335 e.